The lowest BCUT2D eigenvalue weighted by Gasteiger charge is -2.29. The number of methoxy groups -OCH3 is 1. The average molecular weight is 372 g/mol. The molecule has 0 radical (unpaired) electrons. The lowest BCUT2D eigenvalue weighted by Crippen LogP contribution is -2.37. The van der Waals surface area contributed by atoms with E-state index in [-0.39, 0.29) is 30.8 Å². The summed E-state index contributed by atoms with van der Waals surface area (Å²) in [5.41, 5.74) is 2.44. The Morgan fingerprint density at radius 3 is 2.67 bits per heavy atom. The standard InChI is InChI=1S/C20H21FN2O4/c1-26-13-20(25)23-10-2-3-14-4-7-16(11-18(14)23)22-19(24)12-27-17-8-5-15(21)6-9-17/h4-9,11H,2-3,10,12-13H2,1H3,(H,22,24). The molecule has 2 amide bonds. The van der Waals surface area contributed by atoms with Crippen molar-refractivity contribution in [1.82, 2.24) is 0 Å². The second kappa shape index (κ2) is 8.64. The molecule has 1 N–H and O–H groups in total. The summed E-state index contributed by atoms with van der Waals surface area (Å²) in [5, 5.41) is 2.76. The number of fused-ring (bicyclic) bond motifs is 1. The van der Waals surface area contributed by atoms with Gasteiger partial charge < -0.3 is 19.7 Å². The summed E-state index contributed by atoms with van der Waals surface area (Å²) in [6.07, 6.45) is 1.77. The van der Waals surface area contributed by atoms with Crippen LogP contribution in [-0.2, 0) is 20.7 Å². The SMILES string of the molecule is COCC(=O)N1CCCc2ccc(NC(=O)COc3ccc(F)cc3)cc21. The monoisotopic (exact) mass is 372 g/mol. The molecule has 0 aromatic heterocycles. The van der Waals surface area contributed by atoms with Gasteiger partial charge in [0.25, 0.3) is 11.8 Å². The van der Waals surface area contributed by atoms with Crippen molar-refractivity contribution in [2.45, 2.75) is 12.8 Å². The van der Waals surface area contributed by atoms with E-state index < -0.39 is 0 Å². The molecule has 142 valence electrons. The first-order valence-electron chi connectivity index (χ1n) is 8.67. The summed E-state index contributed by atoms with van der Waals surface area (Å²) in [6.45, 7) is 0.441. The fourth-order valence-electron chi connectivity index (χ4n) is 2.99. The number of hydrogen-bond donors (Lipinski definition) is 1. The van der Waals surface area contributed by atoms with Gasteiger partial charge in [0.05, 0.1) is 0 Å². The number of halogens is 1. The van der Waals surface area contributed by atoms with Crippen LogP contribution >= 0.6 is 0 Å². The molecule has 1 aliphatic heterocycles. The number of nitrogens with zero attached hydrogens (tertiary/aromatic N) is 1. The number of anilines is 2. The maximum atomic E-state index is 12.9. The maximum Gasteiger partial charge on any atom is 0.262 e. The van der Waals surface area contributed by atoms with Crippen LogP contribution in [0.1, 0.15) is 12.0 Å². The fraction of sp³-hybridized carbons (Fsp3) is 0.300. The molecule has 6 nitrogen and oxygen atoms in total. The molecular formula is C20H21FN2O4. The predicted molar refractivity (Wildman–Crippen MR) is 99.5 cm³/mol. The van der Waals surface area contributed by atoms with Crippen LogP contribution < -0.4 is 15.0 Å². The zero-order valence-electron chi connectivity index (χ0n) is 15.0. The van der Waals surface area contributed by atoms with Gasteiger partial charge in [-0.2, -0.15) is 0 Å². The Morgan fingerprint density at radius 1 is 1.15 bits per heavy atom. The van der Waals surface area contributed by atoms with Crippen LogP contribution in [0.25, 0.3) is 0 Å². The van der Waals surface area contributed by atoms with Gasteiger partial charge in [-0.15, -0.1) is 0 Å². The Hall–Kier alpha value is -2.93. The first-order valence-corrected chi connectivity index (χ1v) is 8.67. The molecule has 27 heavy (non-hydrogen) atoms. The average Bonchev–Trinajstić information content (AvgIpc) is 2.67. The van der Waals surface area contributed by atoms with Gasteiger partial charge in [-0.05, 0) is 54.8 Å². The van der Waals surface area contributed by atoms with Crippen LogP contribution in [-0.4, -0.2) is 38.7 Å². The minimum absolute atomic E-state index is 0.0154. The van der Waals surface area contributed by atoms with Crippen molar-refractivity contribution in [1.29, 1.82) is 0 Å². The van der Waals surface area contributed by atoms with Gasteiger partial charge in [-0.3, -0.25) is 9.59 Å². The molecule has 2 aromatic rings. The van der Waals surface area contributed by atoms with Gasteiger partial charge >= 0.3 is 0 Å². The van der Waals surface area contributed by atoms with E-state index in [4.69, 9.17) is 9.47 Å². The van der Waals surface area contributed by atoms with Crippen LogP contribution in [0.4, 0.5) is 15.8 Å². The Bertz CT molecular complexity index is 823. The highest BCUT2D eigenvalue weighted by atomic mass is 19.1. The minimum atomic E-state index is -0.367. The summed E-state index contributed by atoms with van der Waals surface area (Å²) < 4.78 is 23.2. The Morgan fingerprint density at radius 2 is 1.93 bits per heavy atom. The first kappa shape index (κ1) is 18.8. The number of amides is 2. The van der Waals surface area contributed by atoms with E-state index in [0.29, 0.717) is 18.0 Å². The summed E-state index contributed by atoms with van der Waals surface area (Å²) >= 11 is 0. The lowest BCUT2D eigenvalue weighted by molar-refractivity contribution is -0.122. The highest BCUT2D eigenvalue weighted by Crippen LogP contribution is 2.30. The third-order valence-electron chi connectivity index (χ3n) is 4.24. The molecule has 2 aromatic carbocycles. The summed E-state index contributed by atoms with van der Waals surface area (Å²) in [5.74, 6) is -0.409. The summed E-state index contributed by atoms with van der Waals surface area (Å²) in [6, 6.07) is 11.0. The molecule has 0 spiro atoms. The smallest absolute Gasteiger partial charge is 0.262 e. The Labute approximate surface area is 156 Å². The number of hydrogen-bond acceptors (Lipinski definition) is 4. The molecule has 0 atom stereocenters. The molecule has 0 saturated heterocycles. The van der Waals surface area contributed by atoms with E-state index >= 15 is 0 Å². The zero-order chi connectivity index (χ0) is 19.2. The van der Waals surface area contributed by atoms with E-state index in [1.807, 2.05) is 6.07 Å². The van der Waals surface area contributed by atoms with Crippen LogP contribution in [0.15, 0.2) is 42.5 Å². The molecule has 0 bridgehead atoms. The number of aryl methyl sites for hydroxylation is 1. The van der Waals surface area contributed by atoms with Crippen molar-refractivity contribution in [2.75, 3.05) is 37.1 Å². The molecule has 3 rings (SSSR count). The second-order valence-corrected chi connectivity index (χ2v) is 6.22. The number of benzene rings is 2. The molecule has 0 aliphatic carbocycles. The molecule has 0 saturated carbocycles. The van der Waals surface area contributed by atoms with Gasteiger partial charge in [0.2, 0.25) is 0 Å². The van der Waals surface area contributed by atoms with E-state index in [9.17, 15) is 14.0 Å². The largest absolute Gasteiger partial charge is 0.484 e. The fourth-order valence-corrected chi connectivity index (χ4v) is 2.99. The number of ether oxygens (including phenoxy) is 2. The third kappa shape index (κ3) is 4.83. The van der Waals surface area contributed by atoms with Crippen molar-refractivity contribution in [3.63, 3.8) is 0 Å². The number of carbonyl (C=O) groups is 2. The van der Waals surface area contributed by atoms with Gasteiger partial charge in [-0.1, -0.05) is 6.07 Å². The van der Waals surface area contributed by atoms with Crippen molar-refractivity contribution in [2.24, 2.45) is 0 Å². The number of rotatable bonds is 6. The number of nitrogens with one attached hydrogen (secondary N) is 1. The van der Waals surface area contributed by atoms with Crippen LogP contribution in [0, 0.1) is 5.82 Å². The molecule has 7 heteroatoms. The van der Waals surface area contributed by atoms with Crippen LogP contribution in [0.5, 0.6) is 5.75 Å². The topological polar surface area (TPSA) is 67.9 Å². The summed E-state index contributed by atoms with van der Waals surface area (Å²) in [4.78, 5) is 26.1. The van der Waals surface area contributed by atoms with E-state index in [2.05, 4.69) is 5.32 Å². The van der Waals surface area contributed by atoms with Gasteiger partial charge in [-0.25, -0.2) is 4.39 Å². The van der Waals surface area contributed by atoms with E-state index in [0.717, 1.165) is 24.1 Å². The normalized spacial score (nSPS) is 13.0. The predicted octanol–water partition coefficient (Wildman–Crippen LogP) is 2.77. The Kier molecular flexibility index (Phi) is 6.03. The third-order valence-corrected chi connectivity index (χ3v) is 4.24. The van der Waals surface area contributed by atoms with Crippen molar-refractivity contribution < 1.29 is 23.5 Å². The van der Waals surface area contributed by atoms with Crippen LogP contribution in [0.3, 0.4) is 0 Å². The second-order valence-electron chi connectivity index (χ2n) is 6.22. The molecule has 1 heterocycles. The summed E-state index contributed by atoms with van der Waals surface area (Å²) in [7, 11) is 1.49. The number of carbonyl (C=O) groups excluding carboxylic acids is 2. The van der Waals surface area contributed by atoms with E-state index in [1.165, 1.54) is 31.4 Å². The zero-order valence-corrected chi connectivity index (χ0v) is 15.0. The van der Waals surface area contributed by atoms with Crippen molar-refractivity contribution in [3.05, 3.63) is 53.8 Å². The molecule has 0 unspecified atom stereocenters. The molecular weight excluding hydrogens is 351 g/mol. The van der Waals surface area contributed by atoms with Gasteiger partial charge in [0, 0.05) is 25.0 Å². The van der Waals surface area contributed by atoms with Crippen LogP contribution in [0.2, 0.25) is 0 Å². The quantitative estimate of drug-likeness (QED) is 0.847. The molecule has 0 fully saturated rings. The van der Waals surface area contributed by atoms with Gasteiger partial charge in [0.15, 0.2) is 6.61 Å². The lowest BCUT2D eigenvalue weighted by atomic mass is 10.0. The maximum absolute atomic E-state index is 12.9. The highest BCUT2D eigenvalue weighted by molar-refractivity contribution is 5.97. The van der Waals surface area contributed by atoms with Crippen molar-refractivity contribution in [3.8, 4) is 5.75 Å². The van der Waals surface area contributed by atoms with Gasteiger partial charge in [0.1, 0.15) is 18.2 Å². The van der Waals surface area contributed by atoms with E-state index in [1.54, 1.807) is 17.0 Å². The first-order chi connectivity index (χ1) is 13.1. The Balaban J connectivity index is 1.65. The highest BCUT2D eigenvalue weighted by Gasteiger charge is 2.22. The molecule has 1 aliphatic rings. The van der Waals surface area contributed by atoms with Crippen molar-refractivity contribution >= 4 is 23.2 Å². The minimum Gasteiger partial charge on any atom is -0.484 e.